The van der Waals surface area contributed by atoms with Gasteiger partial charge in [0.2, 0.25) is 0 Å². The highest BCUT2D eigenvalue weighted by Gasteiger charge is 2.56. The number of anilines is 2. The van der Waals surface area contributed by atoms with Crippen LogP contribution in [0.25, 0.3) is 16.3 Å². The second-order valence-corrected chi connectivity index (χ2v) is 25.2. The average Bonchev–Trinajstić information content (AvgIpc) is 1.50. The minimum atomic E-state index is -2.09. The van der Waals surface area contributed by atoms with E-state index < -0.39 is 88.8 Å². The molecule has 4 fully saturated rings. The predicted molar refractivity (Wildman–Crippen MR) is 332 cm³/mol. The van der Waals surface area contributed by atoms with Crippen molar-refractivity contribution in [1.82, 2.24) is 14.3 Å². The molecule has 7 heterocycles. The first kappa shape index (κ1) is 63.8. The molecule has 466 valence electrons. The van der Waals surface area contributed by atoms with Gasteiger partial charge in [-0.3, -0.25) is 33.5 Å². The molecule has 21 heteroatoms. The minimum Gasteiger partial charge on any atom is -0.507 e. The van der Waals surface area contributed by atoms with E-state index in [2.05, 4.69) is 22.2 Å². The molecule has 5 aliphatic heterocycles. The van der Waals surface area contributed by atoms with E-state index >= 15 is 4.39 Å². The third-order valence-electron chi connectivity index (χ3n) is 19.7. The molecule has 4 aromatic rings. The van der Waals surface area contributed by atoms with Crippen LogP contribution < -0.4 is 20.5 Å². The van der Waals surface area contributed by atoms with Gasteiger partial charge in [0.25, 0.3) is 17.2 Å². The van der Waals surface area contributed by atoms with Crippen molar-refractivity contribution >= 4 is 65.0 Å². The Balaban J connectivity index is 0.00000884. The number of hydrogen-bond donors (Lipinski definition) is 6. The van der Waals surface area contributed by atoms with Crippen molar-refractivity contribution in [2.24, 2.45) is 34.7 Å². The summed E-state index contributed by atoms with van der Waals surface area (Å²) in [4.78, 5) is 59.5. The average molecular weight is 1210 g/mol. The summed E-state index contributed by atoms with van der Waals surface area (Å²) in [6, 6.07) is 2.20. The summed E-state index contributed by atoms with van der Waals surface area (Å²) in [6.45, 7) is 18.7. The van der Waals surface area contributed by atoms with Gasteiger partial charge in [-0.15, -0.1) is 0 Å². The Morgan fingerprint density at radius 3 is 2.22 bits per heavy atom. The number of nitrogens with one attached hydrogen (secondary N) is 1. The Morgan fingerprint density at radius 1 is 0.895 bits per heavy atom. The maximum absolute atomic E-state index is 16.2. The van der Waals surface area contributed by atoms with Crippen molar-refractivity contribution in [3.05, 3.63) is 98.0 Å². The van der Waals surface area contributed by atoms with Gasteiger partial charge in [0.15, 0.2) is 11.6 Å². The molecule has 6 N–H and O–H groups in total. The Hall–Kier alpha value is -6.65. The molecule has 11 rings (SSSR count). The van der Waals surface area contributed by atoms with Gasteiger partial charge in [0, 0.05) is 104 Å². The lowest BCUT2D eigenvalue weighted by Gasteiger charge is -2.42. The second-order valence-electron chi connectivity index (χ2n) is 25.2. The number of amides is 1. The first-order valence-corrected chi connectivity index (χ1v) is 29.9. The van der Waals surface area contributed by atoms with Gasteiger partial charge in [-0.1, -0.05) is 45.9 Å². The fourth-order valence-electron chi connectivity index (χ4n) is 14.2. The summed E-state index contributed by atoms with van der Waals surface area (Å²) in [5, 5.41) is 68.7. The predicted octanol–water partition coefficient (Wildman–Crippen LogP) is 8.90. The zero-order valence-corrected chi connectivity index (χ0v) is 52.4. The number of phenols is 3. The summed E-state index contributed by atoms with van der Waals surface area (Å²) in [5.74, 6) is -8.36. The van der Waals surface area contributed by atoms with E-state index in [0.29, 0.717) is 49.3 Å². The van der Waals surface area contributed by atoms with Crippen LogP contribution in [0, 0.1) is 56.2 Å². The SMILES string of the molecule is CO[C@H]1/C=C/O[C@@]2(C)Oc3c(C)c(O)c4c(O)c(c(/C=N/N5CCC(N(C)C6([C@@H]7CCN(c8c(F)cn9c(=O)c(C)cc(C%10CC%10)c9c8C)C7)CC6)CC5)c(O)c4c3C2=O)NC(=O)/C(C)=C\C=C\[C@H](C)[C@H](O)[C@@H](C)[C@@H](O)[C@@H](C)[C@H](OC(C)=O)[C@@H]1C.S. The van der Waals surface area contributed by atoms with E-state index in [4.69, 9.17) is 24.0 Å². The Morgan fingerprint density at radius 2 is 1.58 bits per heavy atom. The molecule has 19 nitrogen and oxygen atoms in total. The van der Waals surface area contributed by atoms with Gasteiger partial charge in [-0.25, -0.2) is 4.39 Å². The van der Waals surface area contributed by atoms with Crippen molar-refractivity contribution in [3.63, 3.8) is 0 Å². The summed E-state index contributed by atoms with van der Waals surface area (Å²) in [7, 11) is 3.63. The maximum Gasteiger partial charge on any atom is 0.312 e. The number of aliphatic hydroxyl groups excluding tert-OH is 2. The Bertz CT molecular complexity index is 3530. The monoisotopic (exact) mass is 1210 g/mol. The van der Waals surface area contributed by atoms with Crippen LogP contribution in [0.4, 0.5) is 15.8 Å². The maximum atomic E-state index is 16.2. The number of ether oxygens (including phenoxy) is 4. The van der Waals surface area contributed by atoms with Crippen LogP contribution in [-0.2, 0) is 23.8 Å². The number of fused-ring (bicyclic) bond motifs is 15. The number of pyridine rings is 2. The fraction of sp³-hybridized carbons (Fsp3) is 0.554. The topological polar surface area (TPSA) is 245 Å². The number of rotatable bonds is 9. The Labute approximate surface area is 508 Å². The van der Waals surface area contributed by atoms with E-state index in [1.54, 1.807) is 46.8 Å². The number of aromatic nitrogens is 1. The fourth-order valence-corrected chi connectivity index (χ4v) is 14.2. The highest BCUT2D eigenvalue weighted by Crippen LogP contribution is 2.56. The minimum absolute atomic E-state index is 0. The van der Waals surface area contributed by atoms with Crippen molar-refractivity contribution in [1.29, 1.82) is 0 Å². The molecule has 0 spiro atoms. The molecule has 1 amide bonds. The number of esters is 1. The van der Waals surface area contributed by atoms with E-state index in [0.717, 1.165) is 61.6 Å². The van der Waals surface area contributed by atoms with Crippen LogP contribution in [0.5, 0.6) is 23.0 Å². The lowest BCUT2D eigenvalue weighted by Crippen LogP contribution is -2.50. The molecule has 7 aliphatic rings. The molecule has 0 unspecified atom stereocenters. The summed E-state index contributed by atoms with van der Waals surface area (Å²) >= 11 is 0. The smallest absolute Gasteiger partial charge is 0.312 e. The van der Waals surface area contributed by atoms with Crippen molar-refractivity contribution in [3.8, 4) is 23.0 Å². The molecule has 10 atom stereocenters. The van der Waals surface area contributed by atoms with Crippen LogP contribution in [0.1, 0.15) is 138 Å². The van der Waals surface area contributed by atoms with E-state index in [1.807, 2.05) is 18.0 Å². The van der Waals surface area contributed by atoms with Gasteiger partial charge in [0.1, 0.15) is 23.4 Å². The number of allylic oxidation sites excluding steroid dienone is 2. The number of aryl methyl sites for hydroxylation is 2. The standard InChI is InChI=1S/C65H83FN6O13.H2S/c1-32-14-13-15-33(2)62(80)68-51-45(29-67-71-25-19-43(20-26-71)69(11)65(22-23-65)42-18-24-70(30-42)53-36(5)52-44(41-16-17-41)28-34(3)63(81)72(52)31-46(53)66)57(77)48-49(58(51)78)56(76)39(8)60-50(48)61(79)64(10,85-60)83-27-21-47(82-12)35(4)59(84-40(9)73)38(7)55(75)37(6)54(32)74;/h13-15,21,27-29,31-32,35,37-38,41-43,47,54-55,59,74-78H,16-20,22-26,30H2,1-12H3,(H,68,80);1H2/b14-13+,27-21+,33-15-,67-29+;/t32-,35+,37+,38+,42+,47-,54-,55+,59+,64-;/m0./s1. The van der Waals surface area contributed by atoms with E-state index in [1.165, 1.54) is 70.0 Å². The van der Waals surface area contributed by atoms with Gasteiger partial charge in [0.05, 0.1) is 70.4 Å². The molecular weight excluding hydrogens is 1120 g/mol. The van der Waals surface area contributed by atoms with Crippen molar-refractivity contribution in [2.75, 3.05) is 50.6 Å². The molecule has 86 heavy (non-hydrogen) atoms. The molecule has 2 aliphatic carbocycles. The lowest BCUT2D eigenvalue weighted by atomic mass is 9.78. The van der Waals surface area contributed by atoms with Gasteiger partial charge in [-0.2, -0.15) is 18.6 Å². The summed E-state index contributed by atoms with van der Waals surface area (Å²) in [6.07, 6.45) is 12.7. The first-order valence-electron chi connectivity index (χ1n) is 29.9. The molecule has 2 aromatic heterocycles. The quantitative estimate of drug-likeness (QED) is 0.0396. The number of halogens is 1. The number of methoxy groups -OCH3 is 1. The van der Waals surface area contributed by atoms with Crippen molar-refractivity contribution in [2.45, 2.75) is 162 Å². The number of phenolic OH excluding ortho intramolecular Hbond substituents is 3. The lowest BCUT2D eigenvalue weighted by molar-refractivity contribution is -0.160. The highest BCUT2D eigenvalue weighted by molar-refractivity contribution is 7.59. The number of aromatic hydroxyl groups is 3. The number of carbonyl (C=O) groups excluding carboxylic acids is 3. The summed E-state index contributed by atoms with van der Waals surface area (Å²) < 4.78 is 41.7. The number of Topliss-reactive ketones (excluding diaryl/α,β-unsaturated/α-hetero) is 1. The second kappa shape index (κ2) is 24.5. The van der Waals surface area contributed by atoms with Gasteiger partial charge >= 0.3 is 11.8 Å². The normalized spacial score (nSPS) is 29.7. The van der Waals surface area contributed by atoms with Gasteiger partial charge in [-0.05, 0) is 115 Å². The van der Waals surface area contributed by atoms with Crippen LogP contribution in [-0.4, -0.2) is 146 Å². The molecule has 2 saturated carbocycles. The van der Waals surface area contributed by atoms with E-state index in [9.17, 15) is 44.7 Å². The summed E-state index contributed by atoms with van der Waals surface area (Å²) in [5.41, 5.74) is 3.27. The number of piperidine rings is 1. The number of hydrogen-bond acceptors (Lipinski definition) is 17. The highest BCUT2D eigenvalue weighted by atomic mass is 32.1. The third-order valence-corrected chi connectivity index (χ3v) is 19.7. The van der Waals surface area contributed by atoms with Crippen LogP contribution >= 0.6 is 13.5 Å². The molecule has 2 saturated heterocycles. The van der Waals surface area contributed by atoms with Crippen LogP contribution in [0.15, 0.2) is 58.3 Å². The first-order chi connectivity index (χ1) is 40.2. The van der Waals surface area contributed by atoms with Crippen LogP contribution in [0.3, 0.4) is 0 Å². The number of nitrogens with zero attached hydrogens (tertiary/aromatic N) is 5. The van der Waals surface area contributed by atoms with Crippen molar-refractivity contribution < 1.29 is 63.3 Å². The number of hydrazone groups is 1. The molecular formula is C65H85FN6O13S. The molecule has 5 bridgehead atoms. The Kier molecular flexibility index (Phi) is 18.2. The number of benzene rings is 2. The number of aliphatic hydroxyl groups is 2. The third kappa shape index (κ3) is 11.3. The van der Waals surface area contributed by atoms with Gasteiger partial charge < -0.3 is 54.7 Å². The molecule has 2 aromatic carbocycles. The number of ketones is 1. The molecule has 0 radical (unpaired) electrons. The largest absolute Gasteiger partial charge is 0.507 e. The zero-order chi connectivity index (χ0) is 61.5. The van der Waals surface area contributed by atoms with E-state index in [-0.39, 0.29) is 80.9 Å². The van der Waals surface area contributed by atoms with Crippen LogP contribution in [0.2, 0.25) is 0 Å². The number of carbonyl (C=O) groups is 3. The zero-order valence-electron chi connectivity index (χ0n) is 51.4.